The molecular formula is C22H17FN6. The van der Waals surface area contributed by atoms with Crippen molar-refractivity contribution in [2.24, 2.45) is 0 Å². The van der Waals surface area contributed by atoms with Gasteiger partial charge in [0, 0.05) is 24.0 Å². The van der Waals surface area contributed by atoms with Gasteiger partial charge in [0.05, 0.1) is 40.7 Å². The molecule has 0 fully saturated rings. The topological polar surface area (TPSA) is 58.9 Å². The predicted molar refractivity (Wildman–Crippen MR) is 111 cm³/mol. The Kier molecular flexibility index (Phi) is 4.05. The van der Waals surface area contributed by atoms with Crippen molar-refractivity contribution in [3.05, 3.63) is 96.6 Å². The Balaban J connectivity index is 1.56. The van der Waals surface area contributed by atoms with Crippen LogP contribution in [0, 0.1) is 12.7 Å². The Bertz CT molecular complexity index is 1270. The van der Waals surface area contributed by atoms with Gasteiger partial charge in [0.15, 0.2) is 0 Å². The van der Waals surface area contributed by atoms with Gasteiger partial charge in [-0.15, -0.1) is 0 Å². The Morgan fingerprint density at radius 2 is 1.97 bits per heavy atom. The van der Waals surface area contributed by atoms with Crippen LogP contribution in [0.15, 0.2) is 79.5 Å². The molecule has 1 aliphatic heterocycles. The standard InChI is InChI=1S/C22H17FN6/c1-15-11-17(14-24-13-15)28-10-2-3-20(27-28)22-7-9-26-29(22)21-6-8-25-19-5-4-16(23)12-18(19)21/h2-14,27H,1H3. The number of allylic oxidation sites excluding steroid dienone is 2. The van der Waals surface area contributed by atoms with E-state index in [1.165, 1.54) is 12.1 Å². The summed E-state index contributed by atoms with van der Waals surface area (Å²) < 4.78 is 15.7. The second-order valence-corrected chi connectivity index (χ2v) is 6.74. The smallest absolute Gasteiger partial charge is 0.124 e. The van der Waals surface area contributed by atoms with Gasteiger partial charge in [-0.3, -0.25) is 20.4 Å². The Labute approximate surface area is 166 Å². The molecule has 1 aromatic carbocycles. The van der Waals surface area contributed by atoms with Gasteiger partial charge in [0.25, 0.3) is 0 Å². The summed E-state index contributed by atoms with van der Waals surface area (Å²) in [4.78, 5) is 8.59. The highest BCUT2D eigenvalue weighted by molar-refractivity contribution is 5.87. The second-order valence-electron chi connectivity index (χ2n) is 6.74. The van der Waals surface area contributed by atoms with Crippen molar-refractivity contribution >= 4 is 22.3 Å². The number of pyridine rings is 2. The fourth-order valence-electron chi connectivity index (χ4n) is 3.38. The van der Waals surface area contributed by atoms with Crippen molar-refractivity contribution < 1.29 is 4.39 Å². The zero-order valence-electron chi connectivity index (χ0n) is 15.6. The molecule has 0 amide bonds. The van der Waals surface area contributed by atoms with E-state index in [0.29, 0.717) is 10.9 Å². The van der Waals surface area contributed by atoms with Crippen LogP contribution in [0.5, 0.6) is 0 Å². The highest BCUT2D eigenvalue weighted by atomic mass is 19.1. The van der Waals surface area contributed by atoms with Gasteiger partial charge in [0.1, 0.15) is 5.82 Å². The van der Waals surface area contributed by atoms with Crippen molar-refractivity contribution in [2.75, 3.05) is 5.01 Å². The molecule has 0 bridgehead atoms. The molecule has 4 heterocycles. The van der Waals surface area contributed by atoms with Crippen LogP contribution in [-0.4, -0.2) is 19.7 Å². The van der Waals surface area contributed by atoms with Crippen LogP contribution in [0.2, 0.25) is 0 Å². The number of halogens is 1. The molecule has 29 heavy (non-hydrogen) atoms. The van der Waals surface area contributed by atoms with E-state index in [1.54, 1.807) is 29.3 Å². The van der Waals surface area contributed by atoms with E-state index in [0.717, 1.165) is 28.3 Å². The van der Waals surface area contributed by atoms with Crippen LogP contribution in [0.4, 0.5) is 10.1 Å². The van der Waals surface area contributed by atoms with Gasteiger partial charge in [-0.1, -0.05) is 0 Å². The lowest BCUT2D eigenvalue weighted by molar-refractivity contribution is 0.629. The van der Waals surface area contributed by atoms with Gasteiger partial charge in [-0.05, 0) is 61.0 Å². The van der Waals surface area contributed by atoms with Crippen molar-refractivity contribution in [2.45, 2.75) is 6.92 Å². The number of hydrogen-bond acceptors (Lipinski definition) is 5. The first-order chi connectivity index (χ1) is 14.2. The first-order valence-electron chi connectivity index (χ1n) is 9.14. The van der Waals surface area contributed by atoms with Crippen LogP contribution in [0.25, 0.3) is 22.3 Å². The van der Waals surface area contributed by atoms with Crippen LogP contribution >= 0.6 is 0 Å². The Morgan fingerprint density at radius 3 is 2.86 bits per heavy atom. The summed E-state index contributed by atoms with van der Waals surface area (Å²) in [6.07, 6.45) is 12.9. The minimum atomic E-state index is -0.309. The quantitative estimate of drug-likeness (QED) is 0.575. The molecule has 0 aliphatic carbocycles. The SMILES string of the molecule is Cc1cncc(N2C=CC=C(c3ccnn3-c3ccnc4ccc(F)cc34)N2)c1. The molecule has 1 N–H and O–H groups in total. The van der Waals surface area contributed by atoms with E-state index in [1.807, 2.05) is 54.7 Å². The highest BCUT2D eigenvalue weighted by Crippen LogP contribution is 2.26. The van der Waals surface area contributed by atoms with Crippen molar-refractivity contribution in [3.8, 4) is 5.69 Å². The van der Waals surface area contributed by atoms with E-state index < -0.39 is 0 Å². The maximum atomic E-state index is 13.9. The average molecular weight is 384 g/mol. The largest absolute Gasteiger partial charge is 0.292 e. The summed E-state index contributed by atoms with van der Waals surface area (Å²) in [6, 6.07) is 10.4. The summed E-state index contributed by atoms with van der Waals surface area (Å²) >= 11 is 0. The highest BCUT2D eigenvalue weighted by Gasteiger charge is 2.17. The van der Waals surface area contributed by atoms with Crippen LogP contribution in [0.3, 0.4) is 0 Å². The number of nitrogens with one attached hydrogen (secondary N) is 1. The Morgan fingerprint density at radius 1 is 1.03 bits per heavy atom. The molecule has 5 rings (SSSR count). The van der Waals surface area contributed by atoms with Crippen LogP contribution in [-0.2, 0) is 0 Å². The number of rotatable bonds is 3. The lowest BCUT2D eigenvalue weighted by atomic mass is 10.1. The molecule has 4 aromatic rings. The minimum absolute atomic E-state index is 0.309. The second kappa shape index (κ2) is 6.87. The van der Waals surface area contributed by atoms with Gasteiger partial charge >= 0.3 is 0 Å². The first kappa shape index (κ1) is 17.1. The van der Waals surface area contributed by atoms with Gasteiger partial charge < -0.3 is 0 Å². The Hall–Kier alpha value is -4.00. The molecule has 3 aromatic heterocycles. The maximum absolute atomic E-state index is 13.9. The number of nitrogens with zero attached hydrogens (tertiary/aromatic N) is 5. The monoisotopic (exact) mass is 384 g/mol. The van der Waals surface area contributed by atoms with E-state index >= 15 is 0 Å². The zero-order chi connectivity index (χ0) is 19.8. The van der Waals surface area contributed by atoms with Crippen LogP contribution in [0.1, 0.15) is 11.3 Å². The lowest BCUT2D eigenvalue weighted by Crippen LogP contribution is -2.34. The predicted octanol–water partition coefficient (Wildman–Crippen LogP) is 4.14. The van der Waals surface area contributed by atoms with Gasteiger partial charge in [-0.25, -0.2) is 9.07 Å². The number of hydrogen-bond donors (Lipinski definition) is 1. The van der Waals surface area contributed by atoms with Crippen molar-refractivity contribution in [3.63, 3.8) is 0 Å². The third-order valence-electron chi connectivity index (χ3n) is 4.71. The normalized spacial score (nSPS) is 13.4. The maximum Gasteiger partial charge on any atom is 0.124 e. The number of benzene rings is 1. The van der Waals surface area contributed by atoms with E-state index in [4.69, 9.17) is 0 Å². The number of fused-ring (bicyclic) bond motifs is 1. The van der Waals surface area contributed by atoms with Crippen molar-refractivity contribution in [1.82, 2.24) is 25.2 Å². The van der Waals surface area contributed by atoms with E-state index in [-0.39, 0.29) is 5.82 Å². The molecule has 0 saturated carbocycles. The molecule has 0 atom stereocenters. The lowest BCUT2D eigenvalue weighted by Gasteiger charge is -2.27. The molecule has 1 aliphatic rings. The molecular weight excluding hydrogens is 367 g/mol. The summed E-state index contributed by atoms with van der Waals surface area (Å²) in [5.74, 6) is -0.309. The molecule has 0 saturated heterocycles. The van der Waals surface area contributed by atoms with E-state index in [9.17, 15) is 4.39 Å². The third kappa shape index (κ3) is 3.12. The molecule has 142 valence electrons. The molecule has 7 heteroatoms. The number of anilines is 1. The van der Waals surface area contributed by atoms with Gasteiger partial charge in [-0.2, -0.15) is 5.10 Å². The van der Waals surface area contributed by atoms with Crippen LogP contribution < -0.4 is 10.4 Å². The molecule has 0 radical (unpaired) electrons. The van der Waals surface area contributed by atoms with Crippen molar-refractivity contribution in [1.29, 1.82) is 0 Å². The molecule has 0 unspecified atom stereocenters. The fraction of sp³-hybridized carbons (Fsp3) is 0.0455. The summed E-state index contributed by atoms with van der Waals surface area (Å²) in [6.45, 7) is 2.00. The third-order valence-corrected chi connectivity index (χ3v) is 4.71. The summed E-state index contributed by atoms with van der Waals surface area (Å²) in [7, 11) is 0. The molecule has 6 nitrogen and oxygen atoms in total. The summed E-state index contributed by atoms with van der Waals surface area (Å²) in [5.41, 5.74) is 8.55. The summed E-state index contributed by atoms with van der Waals surface area (Å²) in [5, 5.41) is 7.08. The number of aryl methyl sites for hydroxylation is 1. The average Bonchev–Trinajstić information content (AvgIpc) is 3.23. The van der Waals surface area contributed by atoms with E-state index in [2.05, 4.69) is 20.5 Å². The fourth-order valence-corrected chi connectivity index (χ4v) is 3.38. The number of aromatic nitrogens is 4. The zero-order valence-corrected chi connectivity index (χ0v) is 15.6. The first-order valence-corrected chi connectivity index (χ1v) is 9.14. The minimum Gasteiger partial charge on any atom is -0.292 e. The molecule has 0 spiro atoms. The number of hydrazine groups is 1. The van der Waals surface area contributed by atoms with Gasteiger partial charge in [0.2, 0.25) is 0 Å².